The van der Waals surface area contributed by atoms with E-state index in [2.05, 4.69) is 73.4 Å². The number of rotatable bonds is 5. The number of terminal acetylenes is 1. The van der Waals surface area contributed by atoms with Gasteiger partial charge in [0.1, 0.15) is 0 Å². The number of carbonyl (C=O) groups excluding carboxylic acids is 1. The number of urea groups is 1. The fourth-order valence-corrected chi connectivity index (χ4v) is 6.15. The van der Waals surface area contributed by atoms with Crippen molar-refractivity contribution in [2.45, 2.75) is 52.5 Å². The van der Waals surface area contributed by atoms with Gasteiger partial charge in [0.2, 0.25) is 0 Å². The van der Waals surface area contributed by atoms with Crippen LogP contribution in [-0.2, 0) is 5.54 Å². The Kier molecular flexibility index (Phi) is 6.74. The van der Waals surface area contributed by atoms with Gasteiger partial charge in [-0.25, -0.2) is 9.78 Å². The van der Waals surface area contributed by atoms with Gasteiger partial charge in [0.15, 0.2) is 5.13 Å². The van der Waals surface area contributed by atoms with E-state index in [4.69, 9.17) is 6.42 Å². The van der Waals surface area contributed by atoms with Gasteiger partial charge in [-0.1, -0.05) is 44.4 Å². The number of nitrogens with one attached hydrogen (secondary N) is 2. The SMILES string of the molecule is C#Cc1cc(C2(N(C)C)CC(C)CCC2C(C)C)cc2sc(NC(=O)NCC)nc12. The summed E-state index contributed by atoms with van der Waals surface area (Å²) in [7, 11) is 4.39. The second-order valence-electron chi connectivity index (χ2n) is 9.07. The van der Waals surface area contributed by atoms with Crippen LogP contribution in [0.15, 0.2) is 12.1 Å². The number of carbonyl (C=O) groups is 1. The van der Waals surface area contributed by atoms with Crippen LogP contribution in [-0.4, -0.2) is 36.6 Å². The van der Waals surface area contributed by atoms with Crippen molar-refractivity contribution >= 4 is 32.7 Å². The van der Waals surface area contributed by atoms with Crippen LogP contribution in [0.1, 0.15) is 58.1 Å². The van der Waals surface area contributed by atoms with Crippen molar-refractivity contribution in [2.75, 3.05) is 26.0 Å². The molecule has 162 valence electrons. The van der Waals surface area contributed by atoms with Crippen molar-refractivity contribution in [3.8, 4) is 12.3 Å². The van der Waals surface area contributed by atoms with E-state index in [1.807, 2.05) is 6.92 Å². The minimum atomic E-state index is -0.246. The zero-order valence-electron chi connectivity index (χ0n) is 19.0. The first-order valence-corrected chi connectivity index (χ1v) is 11.7. The van der Waals surface area contributed by atoms with Crippen LogP contribution in [0, 0.1) is 30.1 Å². The van der Waals surface area contributed by atoms with Gasteiger partial charge in [0, 0.05) is 12.1 Å². The molecule has 0 spiro atoms. The molecule has 0 bridgehead atoms. The maximum absolute atomic E-state index is 11.9. The van der Waals surface area contributed by atoms with Gasteiger partial charge in [-0.15, -0.1) is 6.42 Å². The molecule has 0 aliphatic heterocycles. The molecular weight excluding hydrogens is 392 g/mol. The van der Waals surface area contributed by atoms with Crippen molar-refractivity contribution < 1.29 is 4.79 Å². The Morgan fingerprint density at radius 1 is 1.40 bits per heavy atom. The molecular formula is C24H34N4OS. The lowest BCUT2D eigenvalue weighted by atomic mass is 9.61. The molecule has 2 N–H and O–H groups in total. The van der Waals surface area contributed by atoms with Crippen LogP contribution in [0.2, 0.25) is 0 Å². The van der Waals surface area contributed by atoms with Gasteiger partial charge < -0.3 is 5.32 Å². The maximum atomic E-state index is 11.9. The third-order valence-electron chi connectivity index (χ3n) is 6.55. The highest BCUT2D eigenvalue weighted by molar-refractivity contribution is 7.22. The van der Waals surface area contributed by atoms with Crippen molar-refractivity contribution in [3.63, 3.8) is 0 Å². The number of benzene rings is 1. The van der Waals surface area contributed by atoms with E-state index in [1.54, 1.807) is 0 Å². The lowest BCUT2D eigenvalue weighted by molar-refractivity contribution is -0.0104. The largest absolute Gasteiger partial charge is 0.338 e. The van der Waals surface area contributed by atoms with E-state index < -0.39 is 0 Å². The van der Waals surface area contributed by atoms with E-state index >= 15 is 0 Å². The Morgan fingerprint density at radius 3 is 2.73 bits per heavy atom. The molecule has 0 saturated heterocycles. The van der Waals surface area contributed by atoms with Gasteiger partial charge in [-0.2, -0.15) is 0 Å². The molecule has 2 aromatic rings. The zero-order chi connectivity index (χ0) is 22.1. The lowest BCUT2D eigenvalue weighted by Crippen LogP contribution is -2.52. The molecule has 1 saturated carbocycles. The molecule has 3 unspecified atom stereocenters. The van der Waals surface area contributed by atoms with E-state index in [9.17, 15) is 4.79 Å². The van der Waals surface area contributed by atoms with E-state index in [-0.39, 0.29) is 11.6 Å². The monoisotopic (exact) mass is 426 g/mol. The van der Waals surface area contributed by atoms with Crippen LogP contribution in [0.5, 0.6) is 0 Å². The third kappa shape index (κ3) is 4.06. The number of hydrogen-bond donors (Lipinski definition) is 2. The molecule has 5 nitrogen and oxygen atoms in total. The van der Waals surface area contributed by atoms with Gasteiger partial charge >= 0.3 is 6.03 Å². The lowest BCUT2D eigenvalue weighted by Gasteiger charge is -2.53. The normalized spacial score (nSPS) is 24.2. The topological polar surface area (TPSA) is 57.3 Å². The van der Waals surface area contributed by atoms with Crippen LogP contribution in [0.25, 0.3) is 10.2 Å². The zero-order valence-corrected chi connectivity index (χ0v) is 19.8. The van der Waals surface area contributed by atoms with Crippen molar-refractivity contribution in [1.82, 2.24) is 15.2 Å². The predicted molar refractivity (Wildman–Crippen MR) is 127 cm³/mol. The minimum absolute atomic E-state index is 0.0667. The fraction of sp³-hybridized carbons (Fsp3) is 0.583. The summed E-state index contributed by atoms with van der Waals surface area (Å²) < 4.78 is 1.02. The van der Waals surface area contributed by atoms with Gasteiger partial charge in [0.25, 0.3) is 0 Å². The van der Waals surface area contributed by atoms with E-state index in [0.717, 1.165) is 22.2 Å². The van der Waals surface area contributed by atoms with Crippen LogP contribution < -0.4 is 10.6 Å². The van der Waals surface area contributed by atoms with Gasteiger partial charge in [-0.05, 0) is 69.3 Å². The third-order valence-corrected chi connectivity index (χ3v) is 7.47. The van der Waals surface area contributed by atoms with Crippen molar-refractivity contribution in [2.24, 2.45) is 17.8 Å². The number of amides is 2. The standard InChI is InChI=1S/C24H34N4OS/c1-8-17-12-18(13-20-21(17)26-23(30-20)27-22(29)25-9-2)24(28(6)7)14-16(5)10-11-19(24)15(3)4/h1,12-13,15-16,19H,9-11,14H2,2-7H3,(H2,25,26,27,29). The Bertz CT molecular complexity index is 958. The summed E-state index contributed by atoms with van der Waals surface area (Å²) in [5, 5.41) is 6.14. The Labute approximate surface area is 184 Å². The summed E-state index contributed by atoms with van der Waals surface area (Å²) in [4.78, 5) is 19.0. The average molecular weight is 427 g/mol. The molecule has 3 atom stereocenters. The number of anilines is 1. The predicted octanol–water partition coefficient (Wildman–Crippen LogP) is 5.27. The number of thiazole rings is 1. The average Bonchev–Trinajstić information content (AvgIpc) is 3.08. The summed E-state index contributed by atoms with van der Waals surface area (Å²) in [5.74, 6) is 4.63. The molecule has 30 heavy (non-hydrogen) atoms. The first-order valence-electron chi connectivity index (χ1n) is 10.9. The number of aromatic nitrogens is 1. The maximum Gasteiger partial charge on any atom is 0.321 e. The second kappa shape index (κ2) is 8.95. The van der Waals surface area contributed by atoms with E-state index in [0.29, 0.717) is 29.4 Å². The summed E-state index contributed by atoms with van der Waals surface area (Å²) in [6.07, 6.45) is 9.51. The molecule has 1 aromatic heterocycles. The molecule has 0 radical (unpaired) electrons. The summed E-state index contributed by atoms with van der Waals surface area (Å²) in [6, 6.07) is 4.17. The first-order chi connectivity index (χ1) is 14.2. The van der Waals surface area contributed by atoms with Crippen LogP contribution in [0.3, 0.4) is 0 Å². The number of nitrogens with zero attached hydrogens (tertiary/aromatic N) is 2. The Balaban J connectivity index is 2.15. The van der Waals surface area contributed by atoms with Gasteiger partial charge in [0.05, 0.1) is 15.8 Å². The van der Waals surface area contributed by atoms with Crippen molar-refractivity contribution in [3.05, 3.63) is 23.3 Å². The molecule has 3 rings (SSSR count). The molecule has 1 aromatic carbocycles. The highest BCUT2D eigenvalue weighted by Gasteiger charge is 2.47. The van der Waals surface area contributed by atoms with Crippen LogP contribution >= 0.6 is 11.3 Å². The fourth-order valence-electron chi connectivity index (χ4n) is 5.22. The highest BCUT2D eigenvalue weighted by Crippen LogP contribution is 2.51. The summed E-state index contributed by atoms with van der Waals surface area (Å²) in [6.45, 7) is 9.48. The number of hydrogen-bond acceptors (Lipinski definition) is 4. The van der Waals surface area contributed by atoms with E-state index in [1.165, 1.54) is 29.7 Å². The Hall–Kier alpha value is -2.10. The molecule has 1 aliphatic carbocycles. The quantitative estimate of drug-likeness (QED) is 0.641. The first kappa shape index (κ1) is 22.6. The molecule has 1 heterocycles. The minimum Gasteiger partial charge on any atom is -0.338 e. The Morgan fingerprint density at radius 2 is 2.13 bits per heavy atom. The highest BCUT2D eigenvalue weighted by atomic mass is 32.1. The summed E-state index contributed by atoms with van der Waals surface area (Å²) in [5.41, 5.74) is 2.79. The second-order valence-corrected chi connectivity index (χ2v) is 10.1. The van der Waals surface area contributed by atoms with Gasteiger partial charge in [-0.3, -0.25) is 10.2 Å². The van der Waals surface area contributed by atoms with Crippen molar-refractivity contribution in [1.29, 1.82) is 0 Å². The molecule has 2 amide bonds. The molecule has 1 fully saturated rings. The molecule has 1 aliphatic rings. The summed E-state index contributed by atoms with van der Waals surface area (Å²) >= 11 is 1.48. The van der Waals surface area contributed by atoms with Crippen LogP contribution in [0.4, 0.5) is 9.93 Å². The number of fused-ring (bicyclic) bond motifs is 1. The molecule has 6 heteroatoms. The smallest absolute Gasteiger partial charge is 0.321 e.